The van der Waals surface area contributed by atoms with Crippen LogP contribution in [-0.2, 0) is 0 Å². The molecule has 0 unspecified atom stereocenters. The zero-order valence-electron chi connectivity index (χ0n) is 6.61. The van der Waals surface area contributed by atoms with Crippen LogP contribution in [0.25, 0.3) is 0 Å². The predicted octanol–water partition coefficient (Wildman–Crippen LogP) is 2.08. The molecule has 0 aliphatic heterocycles. The monoisotopic (exact) mass is 253 g/mol. The summed E-state index contributed by atoms with van der Waals surface area (Å²) in [4.78, 5) is 13.5. The Morgan fingerprint density at radius 2 is 2.23 bits per heavy atom. The van der Waals surface area contributed by atoms with Crippen LogP contribution in [-0.4, -0.2) is 12.1 Å². The van der Waals surface area contributed by atoms with Gasteiger partial charge in [0.05, 0.1) is 11.7 Å². The van der Waals surface area contributed by atoms with Crippen molar-refractivity contribution in [2.45, 2.75) is 6.43 Å². The molecule has 1 aromatic heterocycles. The minimum atomic E-state index is -2.84. The van der Waals surface area contributed by atoms with Gasteiger partial charge in [-0.2, -0.15) is 0 Å². The summed E-state index contributed by atoms with van der Waals surface area (Å²) in [6.45, 7) is 0. The lowest BCUT2D eigenvalue weighted by Gasteiger charge is -2.06. The van der Waals surface area contributed by atoms with Gasteiger partial charge in [0.25, 0.3) is 6.43 Å². The highest BCUT2D eigenvalue weighted by Crippen LogP contribution is 2.24. The predicted molar refractivity (Wildman–Crippen MR) is 46.3 cm³/mol. The average molecular weight is 254 g/mol. The Balaban J connectivity index is 3.39. The molecule has 6 heteroatoms. The molecule has 3 nitrogen and oxygen atoms in total. The van der Waals surface area contributed by atoms with Gasteiger partial charge in [-0.05, 0) is 15.9 Å². The topological polar surface area (TPSA) is 42.1 Å². The van der Waals surface area contributed by atoms with Gasteiger partial charge in [-0.1, -0.05) is 0 Å². The van der Waals surface area contributed by atoms with E-state index in [4.69, 9.17) is 0 Å². The Labute approximate surface area is 80.9 Å². The van der Waals surface area contributed by atoms with Crippen molar-refractivity contribution in [2.24, 2.45) is 0 Å². The Kier molecular flexibility index (Phi) is 3.02. The minimum absolute atomic E-state index is 0.214. The maximum atomic E-state index is 12.3. The number of ether oxygens (including phenoxy) is 1. The van der Waals surface area contributed by atoms with Gasteiger partial charge in [-0.15, -0.1) is 0 Å². The van der Waals surface area contributed by atoms with Gasteiger partial charge in [0.1, 0.15) is 5.56 Å². The second kappa shape index (κ2) is 3.87. The van der Waals surface area contributed by atoms with E-state index in [-0.39, 0.29) is 5.88 Å². The molecule has 0 spiro atoms. The first-order valence-corrected chi connectivity index (χ1v) is 4.10. The highest BCUT2D eigenvalue weighted by Gasteiger charge is 2.18. The van der Waals surface area contributed by atoms with Crippen molar-refractivity contribution in [1.29, 1.82) is 0 Å². The van der Waals surface area contributed by atoms with E-state index < -0.39 is 17.4 Å². The molecule has 1 aromatic rings. The van der Waals surface area contributed by atoms with Crippen molar-refractivity contribution in [3.63, 3.8) is 0 Å². The molecule has 0 saturated heterocycles. The van der Waals surface area contributed by atoms with Gasteiger partial charge in [-0.25, -0.2) is 8.78 Å². The number of aromatic amines is 1. The van der Waals surface area contributed by atoms with E-state index in [1.807, 2.05) is 0 Å². The van der Waals surface area contributed by atoms with E-state index in [1.165, 1.54) is 7.11 Å². The number of aromatic nitrogens is 1. The third-order valence-electron chi connectivity index (χ3n) is 1.42. The molecule has 0 fully saturated rings. The molecule has 1 rings (SSSR count). The Bertz CT molecular complexity index is 364. The second-order valence-electron chi connectivity index (χ2n) is 2.23. The molecule has 13 heavy (non-hydrogen) atoms. The highest BCUT2D eigenvalue weighted by atomic mass is 79.9. The van der Waals surface area contributed by atoms with E-state index in [2.05, 4.69) is 25.7 Å². The SMILES string of the molecule is COc1[nH]c(Br)cc(=O)c1C(F)F. The van der Waals surface area contributed by atoms with Gasteiger partial charge in [0, 0.05) is 6.07 Å². The Morgan fingerprint density at radius 1 is 1.62 bits per heavy atom. The average Bonchev–Trinajstić information content (AvgIpc) is 2.01. The molecule has 0 bridgehead atoms. The third-order valence-corrected chi connectivity index (χ3v) is 1.85. The summed E-state index contributed by atoms with van der Waals surface area (Å²) in [5, 5.41) is 0. The number of pyridine rings is 1. The molecular weight excluding hydrogens is 248 g/mol. The molecule has 0 aliphatic carbocycles. The summed E-state index contributed by atoms with van der Waals surface area (Å²) in [5.74, 6) is -0.214. The summed E-state index contributed by atoms with van der Waals surface area (Å²) >= 11 is 2.96. The minimum Gasteiger partial charge on any atom is -0.482 e. The molecule has 0 amide bonds. The van der Waals surface area contributed by atoms with Gasteiger partial charge in [0.2, 0.25) is 5.88 Å². The second-order valence-corrected chi connectivity index (χ2v) is 3.08. The standard InChI is InChI=1S/C7H6BrF2NO2/c1-13-7-5(6(9)10)3(12)2-4(8)11-7/h2,6H,1H3,(H,11,12). The lowest BCUT2D eigenvalue weighted by molar-refractivity contribution is 0.144. The maximum Gasteiger partial charge on any atom is 0.272 e. The molecule has 72 valence electrons. The molecule has 0 saturated carbocycles. The van der Waals surface area contributed by atoms with Gasteiger partial charge in [0.15, 0.2) is 5.43 Å². The summed E-state index contributed by atoms with van der Waals surface area (Å²) < 4.78 is 29.5. The molecule has 0 radical (unpaired) electrons. The smallest absolute Gasteiger partial charge is 0.272 e. The fourth-order valence-corrected chi connectivity index (χ4v) is 1.27. The van der Waals surface area contributed by atoms with Crippen LogP contribution in [0.5, 0.6) is 5.88 Å². The zero-order chi connectivity index (χ0) is 10.0. The molecular formula is C7H6BrF2NO2. The van der Waals surface area contributed by atoms with Crippen LogP contribution >= 0.6 is 15.9 Å². The number of hydrogen-bond acceptors (Lipinski definition) is 2. The van der Waals surface area contributed by atoms with Crippen molar-refractivity contribution >= 4 is 15.9 Å². The summed E-state index contributed by atoms with van der Waals surface area (Å²) in [5.41, 5.74) is -1.40. The fraction of sp³-hybridized carbons (Fsp3) is 0.286. The van der Waals surface area contributed by atoms with Crippen LogP contribution < -0.4 is 10.2 Å². The van der Waals surface area contributed by atoms with Crippen LogP contribution in [0.1, 0.15) is 12.0 Å². The van der Waals surface area contributed by atoms with E-state index in [0.717, 1.165) is 6.07 Å². The molecule has 0 atom stereocenters. The first-order valence-electron chi connectivity index (χ1n) is 3.31. The first-order chi connectivity index (χ1) is 6.06. The maximum absolute atomic E-state index is 12.3. The summed E-state index contributed by atoms with van der Waals surface area (Å²) in [7, 11) is 1.21. The van der Waals surface area contributed by atoms with Gasteiger partial charge < -0.3 is 9.72 Å². The fourth-order valence-electron chi connectivity index (χ4n) is 0.884. The first kappa shape index (κ1) is 10.2. The number of hydrogen-bond donors (Lipinski definition) is 1. The number of nitrogens with one attached hydrogen (secondary N) is 1. The summed E-state index contributed by atoms with van der Waals surface area (Å²) in [6.07, 6.45) is -2.84. The number of halogens is 3. The van der Waals surface area contributed by atoms with Gasteiger partial charge >= 0.3 is 0 Å². The van der Waals surface area contributed by atoms with E-state index >= 15 is 0 Å². The van der Waals surface area contributed by atoms with Crippen LogP contribution in [0.4, 0.5) is 8.78 Å². The number of alkyl halides is 2. The van der Waals surface area contributed by atoms with Crippen molar-refractivity contribution in [3.8, 4) is 5.88 Å². The van der Waals surface area contributed by atoms with Crippen molar-refractivity contribution in [2.75, 3.05) is 7.11 Å². The molecule has 1 N–H and O–H groups in total. The van der Waals surface area contributed by atoms with Crippen molar-refractivity contribution in [3.05, 3.63) is 26.5 Å². The van der Waals surface area contributed by atoms with E-state index in [9.17, 15) is 13.6 Å². The normalized spacial score (nSPS) is 10.5. The summed E-state index contributed by atoms with van der Waals surface area (Å²) in [6, 6.07) is 1.03. The quantitative estimate of drug-likeness (QED) is 0.821. The molecule has 0 aromatic carbocycles. The third kappa shape index (κ3) is 2.06. The molecule has 0 aliphatic rings. The lowest BCUT2D eigenvalue weighted by Crippen LogP contribution is -2.11. The highest BCUT2D eigenvalue weighted by molar-refractivity contribution is 9.10. The number of H-pyrrole nitrogens is 1. The number of rotatable bonds is 2. The number of methoxy groups -OCH3 is 1. The van der Waals surface area contributed by atoms with E-state index in [1.54, 1.807) is 0 Å². The van der Waals surface area contributed by atoms with Crippen molar-refractivity contribution < 1.29 is 13.5 Å². The largest absolute Gasteiger partial charge is 0.482 e. The Hall–Kier alpha value is -0.910. The lowest BCUT2D eigenvalue weighted by atomic mass is 10.3. The van der Waals surface area contributed by atoms with Crippen LogP contribution in [0.15, 0.2) is 15.5 Å². The van der Waals surface area contributed by atoms with Crippen LogP contribution in [0.3, 0.4) is 0 Å². The molecule has 1 heterocycles. The Morgan fingerprint density at radius 3 is 2.69 bits per heavy atom. The van der Waals surface area contributed by atoms with E-state index in [0.29, 0.717) is 4.60 Å². The van der Waals surface area contributed by atoms with Crippen LogP contribution in [0.2, 0.25) is 0 Å². The van der Waals surface area contributed by atoms with Crippen molar-refractivity contribution in [1.82, 2.24) is 4.98 Å². The van der Waals surface area contributed by atoms with Crippen LogP contribution in [0, 0.1) is 0 Å². The zero-order valence-corrected chi connectivity index (χ0v) is 8.19. The van der Waals surface area contributed by atoms with Gasteiger partial charge in [-0.3, -0.25) is 4.79 Å².